The lowest BCUT2D eigenvalue weighted by Gasteiger charge is -2.35. The van der Waals surface area contributed by atoms with E-state index < -0.39 is 0 Å². The first kappa shape index (κ1) is 27.4. The number of piperazine rings is 1. The lowest BCUT2D eigenvalue weighted by Crippen LogP contribution is -2.47. The predicted octanol–water partition coefficient (Wildman–Crippen LogP) is 4.69. The second-order valence-electron chi connectivity index (χ2n) is 10.0. The summed E-state index contributed by atoms with van der Waals surface area (Å²) in [5, 5.41) is 0.801. The van der Waals surface area contributed by atoms with E-state index in [1.807, 2.05) is 35.2 Å². The highest BCUT2D eigenvalue weighted by Crippen LogP contribution is 2.27. The first-order valence-corrected chi connectivity index (χ1v) is 14.7. The molecule has 0 radical (unpaired) electrons. The molecule has 2 aromatic carbocycles. The van der Waals surface area contributed by atoms with Crippen LogP contribution < -0.4 is 4.90 Å². The van der Waals surface area contributed by atoms with Crippen LogP contribution in [0.5, 0.6) is 0 Å². The molecule has 0 N–H and O–H groups in total. The lowest BCUT2D eigenvalue weighted by molar-refractivity contribution is 0.0303. The van der Waals surface area contributed by atoms with Crippen LogP contribution >= 0.6 is 11.8 Å². The largest absolute Gasteiger partial charge is 0.378 e. The van der Waals surface area contributed by atoms with Gasteiger partial charge in [0.2, 0.25) is 0 Å². The summed E-state index contributed by atoms with van der Waals surface area (Å²) in [6.07, 6.45) is 4.45. The van der Waals surface area contributed by atoms with E-state index in [0.29, 0.717) is 26.3 Å². The number of hydrogen-bond donors (Lipinski definition) is 0. The second kappa shape index (κ2) is 13.2. The number of thioether (sulfide) groups is 1. The number of rotatable bonds is 8. The Morgan fingerprint density at radius 1 is 0.923 bits per heavy atom. The fourth-order valence-corrected chi connectivity index (χ4v) is 5.69. The van der Waals surface area contributed by atoms with Crippen LogP contribution in [0.15, 0.2) is 65.8 Å². The van der Waals surface area contributed by atoms with Gasteiger partial charge >= 0.3 is 0 Å². The molecule has 0 bridgehead atoms. The molecule has 1 amide bonds. The van der Waals surface area contributed by atoms with Gasteiger partial charge in [-0.25, -0.2) is 9.97 Å². The van der Waals surface area contributed by atoms with Gasteiger partial charge in [0.1, 0.15) is 5.82 Å². The first-order chi connectivity index (χ1) is 19.1. The summed E-state index contributed by atoms with van der Waals surface area (Å²) >= 11 is 1.65. The summed E-state index contributed by atoms with van der Waals surface area (Å²) in [6.45, 7) is 11.6. The highest BCUT2D eigenvalue weighted by molar-refractivity contribution is 7.98. The molecular formula is C31H37N5O2S. The molecule has 2 aliphatic rings. The van der Waals surface area contributed by atoms with E-state index in [2.05, 4.69) is 60.1 Å². The van der Waals surface area contributed by atoms with E-state index in [4.69, 9.17) is 14.7 Å². The van der Waals surface area contributed by atoms with Crippen molar-refractivity contribution in [2.45, 2.75) is 24.8 Å². The molecule has 7 nitrogen and oxygen atoms in total. The molecule has 2 saturated heterocycles. The van der Waals surface area contributed by atoms with Gasteiger partial charge in [0.15, 0.2) is 5.16 Å². The molecule has 3 aromatic rings. The number of carbonyl (C=O) groups excluding carboxylic acids is 1. The molecule has 2 fully saturated rings. The fourth-order valence-electron chi connectivity index (χ4n) is 4.85. The standard InChI is InChI=1S/C31H37N5O2S/c1-24-25(2)32-31(39-23-27-10-12-28(13-11-27)30(37)36-19-21-38-22-20-36)33-29(24)35-17-15-34(16-18-35)14-6-9-26-7-4-3-5-8-26/h3-13H,14-23H2,1-2H3/b9-6+. The summed E-state index contributed by atoms with van der Waals surface area (Å²) in [4.78, 5) is 29.2. The second-order valence-corrected chi connectivity index (χ2v) is 11.0. The maximum absolute atomic E-state index is 12.7. The Labute approximate surface area is 235 Å². The average Bonchev–Trinajstić information content (AvgIpc) is 2.99. The highest BCUT2D eigenvalue weighted by Gasteiger charge is 2.21. The molecule has 1 aromatic heterocycles. The molecule has 204 valence electrons. The number of hydrogen-bond acceptors (Lipinski definition) is 7. The highest BCUT2D eigenvalue weighted by atomic mass is 32.2. The van der Waals surface area contributed by atoms with Gasteiger partial charge in [-0.3, -0.25) is 9.69 Å². The zero-order valence-electron chi connectivity index (χ0n) is 22.9. The average molecular weight is 544 g/mol. The summed E-state index contributed by atoms with van der Waals surface area (Å²) < 4.78 is 5.36. The van der Waals surface area contributed by atoms with E-state index in [0.717, 1.165) is 71.8 Å². The van der Waals surface area contributed by atoms with Crippen molar-refractivity contribution >= 4 is 29.6 Å². The third-order valence-electron chi connectivity index (χ3n) is 7.36. The van der Waals surface area contributed by atoms with Crippen molar-refractivity contribution in [2.24, 2.45) is 0 Å². The van der Waals surface area contributed by atoms with Crippen molar-refractivity contribution in [1.82, 2.24) is 19.8 Å². The molecule has 2 aliphatic heterocycles. The van der Waals surface area contributed by atoms with Gasteiger partial charge in [0, 0.05) is 68.4 Å². The summed E-state index contributed by atoms with van der Waals surface area (Å²) in [5.41, 5.74) is 5.31. The van der Waals surface area contributed by atoms with E-state index in [1.165, 1.54) is 5.56 Å². The predicted molar refractivity (Wildman–Crippen MR) is 158 cm³/mol. The Hall–Kier alpha value is -3.20. The molecule has 0 saturated carbocycles. The van der Waals surface area contributed by atoms with Crippen molar-refractivity contribution < 1.29 is 9.53 Å². The van der Waals surface area contributed by atoms with Gasteiger partial charge in [-0.2, -0.15) is 0 Å². The van der Waals surface area contributed by atoms with E-state index in [1.54, 1.807) is 11.8 Å². The minimum absolute atomic E-state index is 0.0759. The van der Waals surface area contributed by atoms with E-state index >= 15 is 0 Å². The lowest BCUT2D eigenvalue weighted by atomic mass is 10.1. The molecule has 0 atom stereocenters. The van der Waals surface area contributed by atoms with Crippen LogP contribution in [0.1, 0.15) is 32.7 Å². The van der Waals surface area contributed by atoms with Crippen molar-refractivity contribution in [2.75, 3.05) is 63.9 Å². The molecule has 39 heavy (non-hydrogen) atoms. The summed E-state index contributed by atoms with van der Waals surface area (Å²) in [6, 6.07) is 18.4. The number of anilines is 1. The van der Waals surface area contributed by atoms with Crippen LogP contribution in [0.25, 0.3) is 6.08 Å². The number of aryl methyl sites for hydroxylation is 1. The summed E-state index contributed by atoms with van der Waals surface area (Å²) in [7, 11) is 0. The number of aromatic nitrogens is 2. The quantitative estimate of drug-likeness (QED) is 0.302. The Bertz CT molecular complexity index is 1270. The molecule has 0 aliphatic carbocycles. The van der Waals surface area contributed by atoms with Crippen LogP contribution in [0.4, 0.5) is 5.82 Å². The number of benzene rings is 2. The molecule has 0 spiro atoms. The normalized spacial score (nSPS) is 16.7. The maximum atomic E-state index is 12.7. The monoisotopic (exact) mass is 543 g/mol. The Morgan fingerprint density at radius 3 is 2.36 bits per heavy atom. The van der Waals surface area contributed by atoms with Crippen LogP contribution in [-0.4, -0.2) is 84.7 Å². The zero-order valence-corrected chi connectivity index (χ0v) is 23.7. The van der Waals surface area contributed by atoms with Crippen LogP contribution in [-0.2, 0) is 10.5 Å². The van der Waals surface area contributed by atoms with Crippen LogP contribution in [0.2, 0.25) is 0 Å². The van der Waals surface area contributed by atoms with Gasteiger partial charge in [-0.15, -0.1) is 0 Å². The SMILES string of the molecule is Cc1nc(SCc2ccc(C(=O)N3CCOCC3)cc2)nc(N2CCN(C/C=C/c3ccccc3)CC2)c1C. The van der Waals surface area contributed by atoms with Gasteiger partial charge in [0.05, 0.1) is 13.2 Å². The molecule has 0 unspecified atom stereocenters. The van der Waals surface area contributed by atoms with Crippen LogP contribution in [0, 0.1) is 13.8 Å². The van der Waals surface area contributed by atoms with Crippen molar-refractivity contribution in [3.05, 3.63) is 88.6 Å². The number of morpholine rings is 1. The summed E-state index contributed by atoms with van der Waals surface area (Å²) in [5.74, 6) is 1.89. The smallest absolute Gasteiger partial charge is 0.254 e. The fraction of sp³-hybridized carbons (Fsp3) is 0.387. The number of nitrogens with zero attached hydrogens (tertiary/aromatic N) is 5. The van der Waals surface area contributed by atoms with Gasteiger partial charge in [0.25, 0.3) is 5.91 Å². The molecule has 8 heteroatoms. The maximum Gasteiger partial charge on any atom is 0.254 e. The van der Waals surface area contributed by atoms with Gasteiger partial charge in [-0.05, 0) is 37.1 Å². The number of carbonyl (C=O) groups is 1. The molecule has 3 heterocycles. The third-order valence-corrected chi connectivity index (χ3v) is 8.27. The number of ether oxygens (including phenoxy) is 1. The first-order valence-electron chi connectivity index (χ1n) is 13.7. The third kappa shape index (κ3) is 7.26. The molecular weight excluding hydrogens is 506 g/mol. The number of amides is 1. The van der Waals surface area contributed by atoms with Gasteiger partial charge < -0.3 is 14.5 Å². The van der Waals surface area contributed by atoms with Crippen molar-refractivity contribution in [3.8, 4) is 0 Å². The van der Waals surface area contributed by atoms with E-state index in [9.17, 15) is 4.79 Å². The van der Waals surface area contributed by atoms with E-state index in [-0.39, 0.29) is 5.91 Å². The zero-order chi connectivity index (χ0) is 27.0. The Kier molecular flexibility index (Phi) is 9.29. The minimum atomic E-state index is 0.0759. The van der Waals surface area contributed by atoms with Gasteiger partial charge in [-0.1, -0.05) is 66.4 Å². The molecule has 5 rings (SSSR count). The van der Waals surface area contributed by atoms with Crippen molar-refractivity contribution in [3.63, 3.8) is 0 Å². The minimum Gasteiger partial charge on any atom is -0.378 e. The van der Waals surface area contributed by atoms with Crippen molar-refractivity contribution in [1.29, 1.82) is 0 Å². The van der Waals surface area contributed by atoms with Crippen LogP contribution in [0.3, 0.4) is 0 Å². The topological polar surface area (TPSA) is 61.8 Å². The Balaban J connectivity index is 1.15. The Morgan fingerprint density at radius 2 is 1.64 bits per heavy atom.